The molecule has 0 N–H and O–H groups in total. The molecule has 1 aromatic heterocycles. The Balaban J connectivity index is 1.72. The van der Waals surface area contributed by atoms with Crippen LogP contribution in [0.25, 0.3) is 0 Å². The maximum absolute atomic E-state index is 13.1. The van der Waals surface area contributed by atoms with E-state index < -0.39 is 0 Å². The van der Waals surface area contributed by atoms with Crippen molar-refractivity contribution in [3.63, 3.8) is 0 Å². The van der Waals surface area contributed by atoms with Crippen LogP contribution >= 0.6 is 0 Å². The molecule has 0 unspecified atom stereocenters. The van der Waals surface area contributed by atoms with E-state index in [0.717, 1.165) is 63.1 Å². The number of rotatable bonds is 4. The fraction of sp³-hybridized carbons (Fsp3) is 0.682. The molecule has 0 aliphatic carbocycles. The average molecular weight is 372 g/mol. The van der Waals surface area contributed by atoms with Crippen LogP contribution in [0, 0.1) is 25.2 Å². The van der Waals surface area contributed by atoms with Crippen LogP contribution in [0.3, 0.4) is 0 Å². The molecule has 2 aliphatic rings. The molecule has 3 heterocycles. The average Bonchev–Trinajstić information content (AvgIpc) is 2.62. The Morgan fingerprint density at radius 1 is 1.26 bits per heavy atom. The maximum Gasteiger partial charge on any atom is 0.255 e. The summed E-state index contributed by atoms with van der Waals surface area (Å²) in [5, 5.41) is 0. The number of aryl methyl sites for hydroxylation is 2. The highest BCUT2D eigenvalue weighted by Gasteiger charge is 2.42. The van der Waals surface area contributed by atoms with Crippen molar-refractivity contribution >= 4 is 11.8 Å². The first kappa shape index (κ1) is 19.8. The summed E-state index contributed by atoms with van der Waals surface area (Å²) in [7, 11) is 0. The van der Waals surface area contributed by atoms with Crippen molar-refractivity contribution in [2.45, 2.75) is 59.8 Å². The highest BCUT2D eigenvalue weighted by Crippen LogP contribution is 2.39. The lowest BCUT2D eigenvalue weighted by Gasteiger charge is -2.48. The molecule has 5 heteroatoms. The van der Waals surface area contributed by atoms with Crippen LogP contribution in [-0.4, -0.2) is 52.8 Å². The first-order chi connectivity index (χ1) is 12.8. The standard InChI is InChI=1S/C22H33N3O2/c1-16(2)7-11-24-14-22(9-6-20(24)26)8-5-10-25(15-22)21(27)19-13-23-18(4)12-17(19)3/h12-13,16H,5-11,14-15H2,1-4H3/t22-/m0/s1. The van der Waals surface area contributed by atoms with Gasteiger partial charge in [0, 0.05) is 49.9 Å². The SMILES string of the molecule is Cc1cc(C)c(C(=O)N2CCC[C@@]3(CCC(=O)N(CCC(C)C)C3)C2)cn1. The van der Waals surface area contributed by atoms with Crippen LogP contribution in [0.4, 0.5) is 0 Å². The molecule has 2 fully saturated rings. The van der Waals surface area contributed by atoms with Crippen LogP contribution in [0.2, 0.25) is 0 Å². The van der Waals surface area contributed by atoms with E-state index in [9.17, 15) is 9.59 Å². The molecule has 0 aromatic carbocycles. The summed E-state index contributed by atoms with van der Waals surface area (Å²) in [4.78, 5) is 33.9. The first-order valence-corrected chi connectivity index (χ1v) is 10.3. The molecule has 0 radical (unpaired) electrons. The molecule has 148 valence electrons. The van der Waals surface area contributed by atoms with Crippen molar-refractivity contribution in [3.8, 4) is 0 Å². The molecule has 0 saturated carbocycles. The van der Waals surface area contributed by atoms with Crippen LogP contribution < -0.4 is 0 Å². The van der Waals surface area contributed by atoms with Crippen molar-refractivity contribution in [3.05, 3.63) is 29.1 Å². The number of hydrogen-bond donors (Lipinski definition) is 0. The number of likely N-dealkylation sites (tertiary alicyclic amines) is 2. The van der Waals surface area contributed by atoms with Gasteiger partial charge in [-0.15, -0.1) is 0 Å². The van der Waals surface area contributed by atoms with Crippen molar-refractivity contribution in [1.82, 2.24) is 14.8 Å². The van der Waals surface area contributed by atoms with Gasteiger partial charge in [0.25, 0.3) is 5.91 Å². The molecular formula is C22H33N3O2. The van der Waals surface area contributed by atoms with Gasteiger partial charge < -0.3 is 9.80 Å². The van der Waals surface area contributed by atoms with Gasteiger partial charge in [-0.2, -0.15) is 0 Å². The fourth-order valence-electron chi connectivity index (χ4n) is 4.53. The number of hydrogen-bond acceptors (Lipinski definition) is 3. The molecule has 1 atom stereocenters. The lowest BCUT2D eigenvalue weighted by atomic mass is 9.73. The maximum atomic E-state index is 13.1. The Morgan fingerprint density at radius 2 is 2.04 bits per heavy atom. The molecule has 1 spiro atoms. The van der Waals surface area contributed by atoms with Crippen LogP contribution in [0.1, 0.15) is 67.6 Å². The second-order valence-electron chi connectivity index (χ2n) is 8.97. The first-order valence-electron chi connectivity index (χ1n) is 10.3. The van der Waals surface area contributed by atoms with Gasteiger partial charge in [0.1, 0.15) is 0 Å². The molecular weight excluding hydrogens is 338 g/mol. The van der Waals surface area contributed by atoms with Crippen LogP contribution in [0.5, 0.6) is 0 Å². The van der Waals surface area contributed by atoms with Crippen molar-refractivity contribution in [1.29, 1.82) is 0 Å². The Bertz CT molecular complexity index is 716. The van der Waals surface area contributed by atoms with Crippen molar-refractivity contribution < 1.29 is 9.59 Å². The third-order valence-corrected chi connectivity index (χ3v) is 6.15. The molecule has 2 saturated heterocycles. The third kappa shape index (κ3) is 4.50. The van der Waals surface area contributed by atoms with E-state index in [2.05, 4.69) is 23.7 Å². The second-order valence-corrected chi connectivity index (χ2v) is 8.97. The quantitative estimate of drug-likeness (QED) is 0.813. The summed E-state index contributed by atoms with van der Waals surface area (Å²) >= 11 is 0. The number of amides is 2. The Kier molecular flexibility index (Phi) is 5.87. The zero-order valence-electron chi connectivity index (χ0n) is 17.3. The molecule has 3 rings (SSSR count). The minimum atomic E-state index is 0.0603. The van der Waals surface area contributed by atoms with E-state index in [0.29, 0.717) is 17.9 Å². The third-order valence-electron chi connectivity index (χ3n) is 6.15. The number of piperidine rings is 2. The van der Waals surface area contributed by atoms with Gasteiger partial charge in [0.15, 0.2) is 0 Å². The van der Waals surface area contributed by atoms with E-state index >= 15 is 0 Å². The molecule has 2 amide bonds. The summed E-state index contributed by atoms with van der Waals surface area (Å²) in [6.45, 7) is 11.5. The summed E-state index contributed by atoms with van der Waals surface area (Å²) in [6.07, 6.45) is 6.39. The second kappa shape index (κ2) is 7.99. The molecule has 0 bridgehead atoms. The van der Waals surface area contributed by atoms with Gasteiger partial charge in [-0.3, -0.25) is 14.6 Å². The monoisotopic (exact) mass is 371 g/mol. The van der Waals surface area contributed by atoms with Gasteiger partial charge in [-0.05, 0) is 57.1 Å². The lowest BCUT2D eigenvalue weighted by molar-refractivity contribution is -0.139. The van der Waals surface area contributed by atoms with Gasteiger partial charge >= 0.3 is 0 Å². The molecule has 5 nitrogen and oxygen atoms in total. The van der Waals surface area contributed by atoms with E-state index in [-0.39, 0.29) is 17.2 Å². The molecule has 2 aliphatic heterocycles. The predicted molar refractivity (Wildman–Crippen MR) is 107 cm³/mol. The number of carbonyl (C=O) groups excluding carboxylic acids is 2. The van der Waals surface area contributed by atoms with E-state index in [4.69, 9.17) is 0 Å². The van der Waals surface area contributed by atoms with E-state index in [1.54, 1.807) is 6.20 Å². The largest absolute Gasteiger partial charge is 0.342 e. The number of aromatic nitrogens is 1. The summed E-state index contributed by atoms with van der Waals surface area (Å²) in [5.41, 5.74) is 2.70. The lowest BCUT2D eigenvalue weighted by Crippen LogP contribution is -2.55. The Hall–Kier alpha value is -1.91. The normalized spacial score (nSPS) is 23.4. The van der Waals surface area contributed by atoms with Crippen molar-refractivity contribution in [2.75, 3.05) is 26.2 Å². The highest BCUT2D eigenvalue weighted by molar-refractivity contribution is 5.95. The van der Waals surface area contributed by atoms with Gasteiger partial charge in [0.2, 0.25) is 5.91 Å². The van der Waals surface area contributed by atoms with Crippen molar-refractivity contribution in [2.24, 2.45) is 11.3 Å². The molecule has 27 heavy (non-hydrogen) atoms. The minimum Gasteiger partial charge on any atom is -0.342 e. The predicted octanol–water partition coefficient (Wildman–Crippen LogP) is 3.59. The zero-order valence-corrected chi connectivity index (χ0v) is 17.3. The summed E-state index contributed by atoms with van der Waals surface area (Å²) in [5.74, 6) is 0.963. The van der Waals surface area contributed by atoms with Crippen LogP contribution in [0.15, 0.2) is 12.3 Å². The summed E-state index contributed by atoms with van der Waals surface area (Å²) in [6, 6.07) is 1.97. The number of carbonyl (C=O) groups is 2. The topological polar surface area (TPSA) is 53.5 Å². The molecule has 1 aromatic rings. The van der Waals surface area contributed by atoms with E-state index in [1.807, 2.05) is 24.8 Å². The van der Waals surface area contributed by atoms with Gasteiger partial charge in [-0.1, -0.05) is 13.8 Å². The Morgan fingerprint density at radius 3 is 2.74 bits per heavy atom. The minimum absolute atomic E-state index is 0.0603. The number of pyridine rings is 1. The Labute approximate surface area is 163 Å². The van der Waals surface area contributed by atoms with E-state index in [1.165, 1.54) is 0 Å². The van der Waals surface area contributed by atoms with Crippen LogP contribution in [-0.2, 0) is 4.79 Å². The van der Waals surface area contributed by atoms with Gasteiger partial charge in [0.05, 0.1) is 5.56 Å². The zero-order chi connectivity index (χ0) is 19.6. The smallest absolute Gasteiger partial charge is 0.255 e. The highest BCUT2D eigenvalue weighted by atomic mass is 16.2. The summed E-state index contributed by atoms with van der Waals surface area (Å²) < 4.78 is 0. The fourth-order valence-corrected chi connectivity index (χ4v) is 4.53. The number of nitrogens with zero attached hydrogens (tertiary/aromatic N) is 3. The van der Waals surface area contributed by atoms with Gasteiger partial charge in [-0.25, -0.2) is 0 Å².